The molecule has 0 saturated carbocycles. The van der Waals surface area contributed by atoms with E-state index < -0.39 is 5.97 Å². The first-order valence-corrected chi connectivity index (χ1v) is 8.36. The number of hydrogen-bond donors (Lipinski definition) is 2. The number of amides is 1. The van der Waals surface area contributed by atoms with Crippen LogP contribution in [0.4, 0.5) is 0 Å². The number of aliphatic imine (C=N–C) groups is 1. The van der Waals surface area contributed by atoms with Gasteiger partial charge in [0, 0.05) is 73.1 Å². The number of benzene rings is 1. The molecule has 1 aliphatic heterocycles. The molecule has 0 radical (unpaired) electrons. The van der Waals surface area contributed by atoms with Crippen molar-refractivity contribution in [2.45, 2.75) is 13.3 Å². The summed E-state index contributed by atoms with van der Waals surface area (Å²) in [4.78, 5) is 33.0. The number of piperidine rings is 1. The summed E-state index contributed by atoms with van der Waals surface area (Å²) in [6.45, 7) is 2.58. The lowest BCUT2D eigenvalue weighted by molar-refractivity contribution is -0.128. The van der Waals surface area contributed by atoms with Crippen molar-refractivity contribution in [2.24, 2.45) is 10.7 Å². The zero-order valence-electron chi connectivity index (χ0n) is 15.1. The Hall–Kier alpha value is -3.09. The molecule has 1 aromatic carbocycles. The molecular weight excluding hydrogens is 332 g/mol. The highest BCUT2D eigenvalue weighted by Gasteiger charge is 2.25. The minimum atomic E-state index is -0.432. The second kappa shape index (κ2) is 7.03. The van der Waals surface area contributed by atoms with E-state index in [0.29, 0.717) is 30.8 Å². The topological polar surface area (TPSA) is 101 Å². The molecule has 1 aromatic heterocycles. The van der Waals surface area contributed by atoms with E-state index in [-0.39, 0.29) is 5.91 Å². The van der Waals surface area contributed by atoms with Gasteiger partial charge in [-0.2, -0.15) is 0 Å². The fourth-order valence-electron chi connectivity index (χ4n) is 3.30. The Bertz CT molecular complexity index is 939. The number of aromatic nitrogens is 1. The Morgan fingerprint density at radius 2 is 2.12 bits per heavy atom. The van der Waals surface area contributed by atoms with E-state index in [0.717, 1.165) is 27.8 Å². The zero-order chi connectivity index (χ0) is 18.8. The highest BCUT2D eigenvalue weighted by Crippen LogP contribution is 2.28. The van der Waals surface area contributed by atoms with Crippen LogP contribution in [0.15, 0.2) is 35.0 Å². The van der Waals surface area contributed by atoms with E-state index >= 15 is 0 Å². The minimum absolute atomic E-state index is 0.000515. The maximum absolute atomic E-state index is 12.0. The van der Waals surface area contributed by atoms with E-state index in [1.165, 1.54) is 7.11 Å². The van der Waals surface area contributed by atoms with Crippen molar-refractivity contribution in [1.29, 1.82) is 0 Å². The smallest absolute Gasteiger partial charge is 0.337 e. The van der Waals surface area contributed by atoms with E-state index in [4.69, 9.17) is 10.5 Å². The standard InChI is InChI=1S/C19H22N4O3/c1-11(24)23-7-5-16(21-2)15(10-23)18(20)14-8-12(19(25)26-3)9-17-13(14)4-6-22-17/h4,6,8-9,22H,5,7,10,20H2,1-3H3. The van der Waals surface area contributed by atoms with Crippen molar-refractivity contribution in [3.05, 3.63) is 41.1 Å². The van der Waals surface area contributed by atoms with Crippen LogP contribution >= 0.6 is 0 Å². The van der Waals surface area contributed by atoms with Gasteiger partial charge in [0.1, 0.15) is 0 Å². The maximum atomic E-state index is 12.0. The van der Waals surface area contributed by atoms with Gasteiger partial charge in [0.15, 0.2) is 0 Å². The molecule has 1 aliphatic rings. The van der Waals surface area contributed by atoms with Crippen LogP contribution in [0, 0.1) is 0 Å². The predicted octanol–water partition coefficient (Wildman–Crippen LogP) is 1.95. The Morgan fingerprint density at radius 3 is 2.77 bits per heavy atom. The number of carbonyl (C=O) groups is 2. The molecule has 3 rings (SSSR count). The first kappa shape index (κ1) is 17.7. The van der Waals surface area contributed by atoms with Crippen LogP contribution < -0.4 is 5.73 Å². The molecule has 0 unspecified atom stereocenters. The molecule has 2 heterocycles. The largest absolute Gasteiger partial charge is 0.465 e. The third kappa shape index (κ3) is 3.08. The number of nitrogens with two attached hydrogens (primary N) is 1. The molecule has 3 N–H and O–H groups in total. The molecule has 1 fully saturated rings. The van der Waals surface area contributed by atoms with Crippen LogP contribution in [0.5, 0.6) is 0 Å². The van der Waals surface area contributed by atoms with E-state index in [9.17, 15) is 9.59 Å². The Morgan fingerprint density at radius 1 is 1.35 bits per heavy atom. The third-order valence-corrected chi connectivity index (χ3v) is 4.74. The summed E-state index contributed by atoms with van der Waals surface area (Å²) in [6.07, 6.45) is 2.45. The quantitative estimate of drug-likeness (QED) is 0.805. The van der Waals surface area contributed by atoms with Crippen molar-refractivity contribution in [3.8, 4) is 0 Å². The molecule has 7 heteroatoms. The number of likely N-dealkylation sites (tertiary alicyclic amines) is 1. The van der Waals surface area contributed by atoms with Gasteiger partial charge in [-0.3, -0.25) is 9.79 Å². The number of H-pyrrole nitrogens is 1. The monoisotopic (exact) mass is 354 g/mol. The van der Waals surface area contributed by atoms with Crippen LogP contribution in [0.3, 0.4) is 0 Å². The van der Waals surface area contributed by atoms with Gasteiger partial charge < -0.3 is 20.4 Å². The van der Waals surface area contributed by atoms with Crippen LogP contribution in [-0.2, 0) is 9.53 Å². The van der Waals surface area contributed by atoms with Gasteiger partial charge in [-0.05, 0) is 18.2 Å². The molecule has 7 nitrogen and oxygen atoms in total. The normalized spacial score (nSPS) is 18.3. The molecule has 1 saturated heterocycles. The second-order valence-electron chi connectivity index (χ2n) is 6.21. The summed E-state index contributed by atoms with van der Waals surface area (Å²) in [6, 6.07) is 5.37. The van der Waals surface area contributed by atoms with Crippen LogP contribution in [0.1, 0.15) is 29.3 Å². The Kier molecular flexibility index (Phi) is 4.79. The number of nitrogens with zero attached hydrogens (tertiary/aromatic N) is 2. The first-order chi connectivity index (χ1) is 12.5. The Balaban J connectivity index is 2.19. The van der Waals surface area contributed by atoms with E-state index in [1.54, 1.807) is 37.2 Å². The lowest BCUT2D eigenvalue weighted by Crippen LogP contribution is -2.39. The van der Waals surface area contributed by atoms with E-state index in [2.05, 4.69) is 9.98 Å². The summed E-state index contributed by atoms with van der Waals surface area (Å²) < 4.78 is 4.85. The number of nitrogens with one attached hydrogen (secondary N) is 1. The number of carbonyl (C=O) groups excluding carboxylic acids is 2. The highest BCUT2D eigenvalue weighted by atomic mass is 16.5. The number of esters is 1. The number of rotatable bonds is 2. The fourth-order valence-corrected chi connectivity index (χ4v) is 3.30. The summed E-state index contributed by atoms with van der Waals surface area (Å²) >= 11 is 0. The summed E-state index contributed by atoms with van der Waals surface area (Å²) in [5, 5.41) is 0.901. The van der Waals surface area contributed by atoms with Gasteiger partial charge in [0.2, 0.25) is 5.91 Å². The molecule has 136 valence electrons. The average Bonchev–Trinajstić information content (AvgIpc) is 3.13. The molecular formula is C19H22N4O3. The molecule has 0 aliphatic carbocycles. The molecule has 0 atom stereocenters. The lowest BCUT2D eigenvalue weighted by Gasteiger charge is -2.30. The maximum Gasteiger partial charge on any atom is 0.337 e. The number of aromatic amines is 1. The minimum Gasteiger partial charge on any atom is -0.465 e. The van der Waals surface area contributed by atoms with Gasteiger partial charge in [-0.15, -0.1) is 0 Å². The lowest BCUT2D eigenvalue weighted by atomic mass is 9.94. The fraction of sp³-hybridized carbons (Fsp3) is 0.316. The van der Waals surface area contributed by atoms with Crippen LogP contribution in [-0.4, -0.2) is 54.7 Å². The van der Waals surface area contributed by atoms with Crippen molar-refractivity contribution in [3.63, 3.8) is 0 Å². The van der Waals surface area contributed by atoms with E-state index in [1.807, 2.05) is 6.07 Å². The Labute approximate surface area is 151 Å². The molecule has 2 aromatic rings. The van der Waals surface area contributed by atoms with Crippen molar-refractivity contribution < 1.29 is 14.3 Å². The van der Waals surface area contributed by atoms with Gasteiger partial charge >= 0.3 is 5.97 Å². The molecule has 1 amide bonds. The number of fused-ring (bicyclic) bond motifs is 1. The zero-order valence-corrected chi connectivity index (χ0v) is 15.1. The molecule has 0 spiro atoms. The van der Waals surface area contributed by atoms with Gasteiger partial charge in [-0.25, -0.2) is 4.79 Å². The second-order valence-corrected chi connectivity index (χ2v) is 6.21. The number of hydrogen-bond acceptors (Lipinski definition) is 5. The summed E-state index contributed by atoms with van der Waals surface area (Å²) in [5.74, 6) is -0.431. The van der Waals surface area contributed by atoms with Crippen molar-refractivity contribution in [1.82, 2.24) is 9.88 Å². The molecule has 26 heavy (non-hydrogen) atoms. The van der Waals surface area contributed by atoms with Gasteiger partial charge in [0.25, 0.3) is 0 Å². The average molecular weight is 354 g/mol. The predicted molar refractivity (Wildman–Crippen MR) is 101 cm³/mol. The number of methoxy groups -OCH3 is 1. The summed E-state index contributed by atoms with van der Waals surface area (Å²) in [7, 11) is 3.07. The van der Waals surface area contributed by atoms with Crippen LogP contribution in [0.2, 0.25) is 0 Å². The van der Waals surface area contributed by atoms with Crippen molar-refractivity contribution in [2.75, 3.05) is 27.2 Å². The van der Waals surface area contributed by atoms with Crippen molar-refractivity contribution >= 4 is 34.2 Å². The third-order valence-electron chi connectivity index (χ3n) is 4.74. The van der Waals surface area contributed by atoms with Gasteiger partial charge in [0.05, 0.1) is 12.7 Å². The highest BCUT2D eigenvalue weighted by molar-refractivity contribution is 6.10. The molecule has 0 bridgehead atoms. The van der Waals surface area contributed by atoms with Gasteiger partial charge in [-0.1, -0.05) is 0 Å². The summed E-state index contributed by atoms with van der Waals surface area (Å²) in [5.41, 5.74) is 10.7. The SMILES string of the molecule is CN=C1CCN(C(C)=O)CC1=C(N)c1cc(C(=O)OC)cc2[nH]ccc12. The number of ether oxygens (including phenoxy) is 1. The van der Waals surface area contributed by atoms with Crippen LogP contribution in [0.25, 0.3) is 16.6 Å². The first-order valence-electron chi connectivity index (χ1n) is 8.36.